The van der Waals surface area contributed by atoms with Gasteiger partial charge in [0.2, 0.25) is 0 Å². The Labute approximate surface area is 157 Å². The molecule has 0 spiro atoms. The molecule has 0 saturated heterocycles. The van der Waals surface area contributed by atoms with Gasteiger partial charge < -0.3 is 9.64 Å². The van der Waals surface area contributed by atoms with Gasteiger partial charge in [-0.15, -0.1) is 11.6 Å². The van der Waals surface area contributed by atoms with E-state index in [1.807, 2.05) is 31.7 Å². The van der Waals surface area contributed by atoms with Gasteiger partial charge in [0.15, 0.2) is 0 Å². The van der Waals surface area contributed by atoms with E-state index in [9.17, 15) is 4.39 Å². The second-order valence-corrected chi connectivity index (χ2v) is 5.00. The molecule has 0 saturated carbocycles. The first-order chi connectivity index (χ1) is 10.1. The zero-order valence-electron chi connectivity index (χ0n) is 13.4. The van der Waals surface area contributed by atoms with Crippen molar-refractivity contribution in [2.45, 2.75) is 27.2 Å². The molecule has 0 aromatic heterocycles. The molecule has 1 aromatic rings. The smallest absolute Gasteiger partial charge is 0.120 e. The molecule has 1 aromatic carbocycles. The maximum absolute atomic E-state index is 14.4. The van der Waals surface area contributed by atoms with Crippen LogP contribution < -0.4 is 4.74 Å². The summed E-state index contributed by atoms with van der Waals surface area (Å²) in [5.41, 5.74) is 3.17. The zero-order chi connectivity index (χ0) is 15.4. The van der Waals surface area contributed by atoms with Crippen molar-refractivity contribution in [1.29, 1.82) is 0 Å². The van der Waals surface area contributed by atoms with Crippen LogP contribution in [-0.2, 0) is 32.7 Å². The summed E-state index contributed by atoms with van der Waals surface area (Å²) in [6, 6.07) is 4.97. The third kappa shape index (κ3) is 4.08. The fraction of sp³-hybridized carbons (Fsp3) is 0.333. The number of nitrogens with zero attached hydrogens (tertiary/aromatic N) is 1. The van der Waals surface area contributed by atoms with Gasteiger partial charge in [0.1, 0.15) is 5.75 Å². The van der Waals surface area contributed by atoms with Crippen molar-refractivity contribution in [3.63, 3.8) is 0 Å². The van der Waals surface area contributed by atoms with E-state index in [0.717, 1.165) is 24.2 Å². The molecule has 1 aliphatic rings. The molecular formula is C18H21FNOY-. The van der Waals surface area contributed by atoms with Crippen molar-refractivity contribution in [2.75, 3.05) is 13.2 Å². The van der Waals surface area contributed by atoms with Crippen LogP contribution in [0.2, 0.25) is 0 Å². The van der Waals surface area contributed by atoms with Crippen LogP contribution in [0, 0.1) is 11.9 Å². The maximum atomic E-state index is 14.4. The van der Waals surface area contributed by atoms with Crippen LogP contribution in [0.25, 0.3) is 5.70 Å². The molecule has 22 heavy (non-hydrogen) atoms. The Morgan fingerprint density at radius 1 is 1.32 bits per heavy atom. The first kappa shape index (κ1) is 19.1. The van der Waals surface area contributed by atoms with Crippen molar-refractivity contribution >= 4 is 5.70 Å². The first-order valence-electron chi connectivity index (χ1n) is 7.28. The summed E-state index contributed by atoms with van der Waals surface area (Å²) in [7, 11) is 0. The minimum absolute atomic E-state index is 0. The van der Waals surface area contributed by atoms with E-state index in [-0.39, 0.29) is 38.5 Å². The number of ether oxygens (including phenoxy) is 1. The number of benzene rings is 1. The third-order valence-corrected chi connectivity index (χ3v) is 3.46. The average molecular weight is 375 g/mol. The summed E-state index contributed by atoms with van der Waals surface area (Å²) < 4.78 is 19.8. The fourth-order valence-electron chi connectivity index (χ4n) is 2.26. The van der Waals surface area contributed by atoms with E-state index < -0.39 is 0 Å². The van der Waals surface area contributed by atoms with Crippen molar-refractivity contribution in [3.8, 4) is 5.75 Å². The fourth-order valence-corrected chi connectivity index (χ4v) is 2.26. The monoisotopic (exact) mass is 375 g/mol. The Balaban J connectivity index is 0.00000242. The summed E-state index contributed by atoms with van der Waals surface area (Å²) in [5, 5.41) is 0. The number of likely N-dealkylation sites (N-methyl/N-ethyl adjacent to an activating group) is 1. The second-order valence-electron chi connectivity index (χ2n) is 5.00. The van der Waals surface area contributed by atoms with Crippen molar-refractivity contribution in [1.82, 2.24) is 4.90 Å². The summed E-state index contributed by atoms with van der Waals surface area (Å²) in [5.74, 6) is 0.258. The van der Waals surface area contributed by atoms with E-state index >= 15 is 0 Å². The molecule has 0 bridgehead atoms. The van der Waals surface area contributed by atoms with Crippen molar-refractivity contribution < 1.29 is 41.8 Å². The van der Waals surface area contributed by atoms with Gasteiger partial charge >= 0.3 is 0 Å². The number of rotatable bonds is 5. The Morgan fingerprint density at radius 3 is 2.64 bits per heavy atom. The molecule has 1 heterocycles. The van der Waals surface area contributed by atoms with Crippen LogP contribution in [-0.4, -0.2) is 18.1 Å². The van der Waals surface area contributed by atoms with Gasteiger partial charge in [-0.25, -0.2) is 4.39 Å². The molecule has 4 heteroatoms. The Kier molecular flexibility index (Phi) is 7.51. The normalized spacial score (nSPS) is 14.2. The van der Waals surface area contributed by atoms with Gasteiger partial charge in [-0.05, 0) is 25.1 Å². The molecule has 0 fully saturated rings. The molecule has 1 aliphatic heterocycles. The number of allylic oxidation sites excluding steroid dienone is 3. The Morgan fingerprint density at radius 2 is 2.05 bits per heavy atom. The van der Waals surface area contributed by atoms with E-state index in [4.69, 9.17) is 4.74 Å². The largest absolute Gasteiger partial charge is 0.494 e. The molecule has 0 unspecified atom stereocenters. The van der Waals surface area contributed by atoms with Crippen LogP contribution in [0.3, 0.4) is 0 Å². The third-order valence-electron chi connectivity index (χ3n) is 3.46. The second kappa shape index (κ2) is 8.64. The van der Waals surface area contributed by atoms with Crippen LogP contribution in [0.15, 0.2) is 42.1 Å². The molecule has 2 rings (SSSR count). The SMILES string of the molecule is C=C1C(C)=C[C-]=C(c2ccc(OCCC)cc2F)N1CC.[Y]. The van der Waals surface area contributed by atoms with Crippen LogP contribution in [0.5, 0.6) is 5.75 Å². The predicted octanol–water partition coefficient (Wildman–Crippen LogP) is 4.55. The number of hydrogen-bond acceptors (Lipinski definition) is 2. The van der Waals surface area contributed by atoms with Gasteiger partial charge in [0.25, 0.3) is 0 Å². The van der Waals surface area contributed by atoms with E-state index in [1.54, 1.807) is 12.1 Å². The topological polar surface area (TPSA) is 12.5 Å². The van der Waals surface area contributed by atoms with Crippen LogP contribution in [0.1, 0.15) is 32.8 Å². The summed E-state index contributed by atoms with van der Waals surface area (Å²) >= 11 is 0. The Hall–Kier alpha value is -0.926. The Bertz CT molecular complexity index is 607. The van der Waals surface area contributed by atoms with Crippen molar-refractivity contribution in [2.24, 2.45) is 0 Å². The minimum Gasteiger partial charge on any atom is -0.494 e. The molecule has 2 nitrogen and oxygen atoms in total. The van der Waals surface area contributed by atoms with Gasteiger partial charge in [-0.3, -0.25) is 0 Å². The molecule has 0 amide bonds. The molecular weight excluding hydrogens is 354 g/mol. The standard InChI is InChI=1S/C18H21FNO.Y/c1-5-11-21-15-8-9-16(17(19)12-15)18-10-7-13(3)14(4)20(18)6-2;/h7-9,12H,4-6,11H2,1-3H3;/q-1;. The molecule has 1 radical (unpaired) electrons. The summed E-state index contributed by atoms with van der Waals surface area (Å²) in [6.07, 6.45) is 5.91. The maximum Gasteiger partial charge on any atom is 0.120 e. The molecule has 0 atom stereocenters. The zero-order valence-corrected chi connectivity index (χ0v) is 16.3. The summed E-state index contributed by atoms with van der Waals surface area (Å²) in [4.78, 5) is 1.97. The van der Waals surface area contributed by atoms with E-state index in [1.165, 1.54) is 6.07 Å². The molecule has 0 N–H and O–H groups in total. The van der Waals surface area contributed by atoms with Crippen molar-refractivity contribution in [3.05, 3.63) is 59.6 Å². The van der Waals surface area contributed by atoms with Gasteiger partial charge in [0.05, 0.1) is 12.4 Å². The van der Waals surface area contributed by atoms with Crippen LogP contribution in [0.4, 0.5) is 4.39 Å². The average Bonchev–Trinajstić information content (AvgIpc) is 2.48. The summed E-state index contributed by atoms with van der Waals surface area (Å²) in [6.45, 7) is 11.4. The van der Waals surface area contributed by atoms with E-state index in [0.29, 0.717) is 23.6 Å². The number of halogens is 1. The molecule has 0 aliphatic carbocycles. The van der Waals surface area contributed by atoms with Crippen LogP contribution >= 0.6 is 0 Å². The molecule has 115 valence electrons. The first-order valence-corrected chi connectivity index (χ1v) is 7.28. The van der Waals surface area contributed by atoms with Gasteiger partial charge in [-0.2, -0.15) is 12.2 Å². The van der Waals surface area contributed by atoms with Gasteiger partial charge in [0, 0.05) is 45.3 Å². The minimum atomic E-state index is -0.301. The number of hydrogen-bond donors (Lipinski definition) is 0. The van der Waals surface area contributed by atoms with Gasteiger partial charge in [-0.1, -0.05) is 31.7 Å². The van der Waals surface area contributed by atoms with E-state index in [2.05, 4.69) is 12.7 Å². The predicted molar refractivity (Wildman–Crippen MR) is 84.1 cm³/mol. The quantitative estimate of drug-likeness (QED) is 0.700.